The number of methoxy groups -OCH3 is 1. The topological polar surface area (TPSA) is 32.7 Å². The van der Waals surface area contributed by atoms with Gasteiger partial charge in [-0.2, -0.15) is 0 Å². The lowest BCUT2D eigenvalue weighted by atomic mass is 10.1. The summed E-state index contributed by atoms with van der Waals surface area (Å²) in [6.45, 7) is 6.79. The Balaban J connectivity index is 2.61. The molecule has 0 radical (unpaired) electrons. The summed E-state index contributed by atoms with van der Waals surface area (Å²) < 4.78 is 6.08. The smallest absolute Gasteiger partial charge is 0.0816 e. The molecule has 2 atom stereocenters. The Bertz CT molecular complexity index is 431. The van der Waals surface area contributed by atoms with Crippen LogP contribution in [0.3, 0.4) is 0 Å². The molecule has 0 saturated heterocycles. The van der Waals surface area contributed by atoms with E-state index in [-0.39, 0.29) is 0 Å². The van der Waals surface area contributed by atoms with E-state index in [2.05, 4.69) is 34.7 Å². The summed E-state index contributed by atoms with van der Waals surface area (Å²) in [4.78, 5) is 2.35. The molecule has 5 heteroatoms. The van der Waals surface area contributed by atoms with Crippen LogP contribution in [0, 0.1) is 0 Å². The molecule has 0 aliphatic carbocycles. The second-order valence-electron chi connectivity index (χ2n) is 5.26. The first-order chi connectivity index (χ1) is 9.99. The second-order valence-corrected chi connectivity index (χ2v) is 6.58. The molecule has 120 valence electrons. The van der Waals surface area contributed by atoms with Crippen molar-refractivity contribution in [2.24, 2.45) is 0 Å². The Morgan fingerprint density at radius 2 is 2.10 bits per heavy atom. The molecule has 2 unspecified atom stereocenters. The van der Waals surface area contributed by atoms with Crippen molar-refractivity contribution in [3.8, 4) is 0 Å². The van der Waals surface area contributed by atoms with E-state index >= 15 is 0 Å². The normalized spacial score (nSPS) is 14.4. The van der Waals surface area contributed by atoms with Gasteiger partial charge in [-0.1, -0.05) is 40.5 Å². The molecule has 0 heterocycles. The van der Waals surface area contributed by atoms with Crippen LogP contribution in [-0.4, -0.2) is 42.9 Å². The Kier molecular flexibility index (Phi) is 8.83. The Labute approximate surface area is 141 Å². The molecule has 0 fully saturated rings. The maximum atomic E-state index is 10.4. The van der Waals surface area contributed by atoms with Gasteiger partial charge >= 0.3 is 0 Å². The maximum Gasteiger partial charge on any atom is 0.0816 e. The Hall–Kier alpha value is -0.130. The number of rotatable bonds is 9. The number of benzene rings is 1. The van der Waals surface area contributed by atoms with Crippen LogP contribution in [0.5, 0.6) is 0 Å². The molecule has 0 amide bonds. The molecule has 3 nitrogen and oxygen atoms in total. The average Bonchev–Trinajstić information content (AvgIpc) is 2.46. The molecule has 0 aliphatic rings. The highest BCUT2D eigenvalue weighted by atomic mass is 79.9. The van der Waals surface area contributed by atoms with Crippen molar-refractivity contribution < 1.29 is 9.84 Å². The lowest BCUT2D eigenvalue weighted by Crippen LogP contribution is -2.36. The number of aliphatic hydroxyl groups is 1. The van der Waals surface area contributed by atoms with E-state index in [1.807, 2.05) is 18.2 Å². The summed E-state index contributed by atoms with van der Waals surface area (Å²) in [5.74, 6) is 0. The first kappa shape index (κ1) is 18.9. The Morgan fingerprint density at radius 1 is 1.38 bits per heavy atom. The van der Waals surface area contributed by atoms with Gasteiger partial charge in [-0.15, -0.1) is 0 Å². The van der Waals surface area contributed by atoms with Crippen LogP contribution in [0.15, 0.2) is 22.7 Å². The third kappa shape index (κ3) is 6.25. The van der Waals surface area contributed by atoms with Crippen LogP contribution < -0.4 is 0 Å². The van der Waals surface area contributed by atoms with Crippen molar-refractivity contribution in [3.05, 3.63) is 33.3 Å². The van der Waals surface area contributed by atoms with Gasteiger partial charge in [-0.05, 0) is 37.5 Å². The molecule has 1 rings (SSSR count). The van der Waals surface area contributed by atoms with E-state index in [1.54, 1.807) is 7.11 Å². The van der Waals surface area contributed by atoms with Gasteiger partial charge < -0.3 is 9.84 Å². The fraction of sp³-hybridized carbons (Fsp3) is 0.625. The highest BCUT2D eigenvalue weighted by molar-refractivity contribution is 9.10. The number of nitrogens with zero attached hydrogens (tertiary/aromatic N) is 1. The van der Waals surface area contributed by atoms with Crippen molar-refractivity contribution in [1.29, 1.82) is 0 Å². The zero-order valence-electron chi connectivity index (χ0n) is 13.0. The number of ether oxygens (including phenoxy) is 1. The third-order valence-corrected chi connectivity index (χ3v) is 4.63. The minimum atomic E-state index is -0.542. The molecule has 0 saturated carbocycles. The van der Waals surface area contributed by atoms with Gasteiger partial charge in [0.25, 0.3) is 0 Å². The van der Waals surface area contributed by atoms with Crippen LogP contribution >= 0.6 is 27.5 Å². The van der Waals surface area contributed by atoms with Gasteiger partial charge in [0.2, 0.25) is 0 Å². The predicted molar refractivity (Wildman–Crippen MR) is 91.9 cm³/mol. The van der Waals surface area contributed by atoms with Crippen LogP contribution in [0.2, 0.25) is 5.02 Å². The van der Waals surface area contributed by atoms with Gasteiger partial charge in [0.1, 0.15) is 0 Å². The van der Waals surface area contributed by atoms with Crippen molar-refractivity contribution in [3.63, 3.8) is 0 Å². The maximum absolute atomic E-state index is 10.4. The first-order valence-corrected chi connectivity index (χ1v) is 8.52. The molecule has 0 spiro atoms. The largest absolute Gasteiger partial charge is 0.388 e. The molecule has 0 aromatic heterocycles. The van der Waals surface area contributed by atoms with E-state index in [4.69, 9.17) is 16.3 Å². The number of hydrogen-bond acceptors (Lipinski definition) is 3. The van der Waals surface area contributed by atoms with E-state index < -0.39 is 6.10 Å². The van der Waals surface area contributed by atoms with Gasteiger partial charge in [0.15, 0.2) is 0 Å². The highest BCUT2D eigenvalue weighted by Crippen LogP contribution is 2.28. The monoisotopic (exact) mass is 377 g/mol. The SMILES string of the molecule is CCC(C)N(CCOC)CCC(O)c1ccc(Br)cc1Cl. The van der Waals surface area contributed by atoms with E-state index in [1.165, 1.54) is 0 Å². The summed E-state index contributed by atoms with van der Waals surface area (Å²) in [7, 11) is 1.71. The summed E-state index contributed by atoms with van der Waals surface area (Å²) >= 11 is 9.57. The van der Waals surface area contributed by atoms with E-state index in [9.17, 15) is 5.11 Å². The minimum Gasteiger partial charge on any atom is -0.388 e. The Morgan fingerprint density at radius 3 is 2.67 bits per heavy atom. The van der Waals surface area contributed by atoms with Gasteiger partial charge in [-0.25, -0.2) is 0 Å². The van der Waals surface area contributed by atoms with E-state index in [0.717, 1.165) is 29.5 Å². The molecule has 1 aromatic rings. The highest BCUT2D eigenvalue weighted by Gasteiger charge is 2.16. The lowest BCUT2D eigenvalue weighted by Gasteiger charge is -2.29. The van der Waals surface area contributed by atoms with Crippen LogP contribution in [0.1, 0.15) is 38.4 Å². The summed E-state index contributed by atoms with van der Waals surface area (Å²) in [6, 6.07) is 6.08. The third-order valence-electron chi connectivity index (χ3n) is 3.81. The molecule has 21 heavy (non-hydrogen) atoms. The number of hydrogen-bond donors (Lipinski definition) is 1. The standard InChI is InChI=1S/C16H25BrClNO2/c1-4-12(2)19(9-10-21-3)8-7-16(20)14-6-5-13(17)11-15(14)18/h5-6,11-12,16,20H,4,7-10H2,1-3H3. The predicted octanol–water partition coefficient (Wildman–Crippen LogP) is 4.27. The van der Waals surface area contributed by atoms with Crippen LogP contribution in [0.25, 0.3) is 0 Å². The second kappa shape index (κ2) is 9.80. The molecular formula is C16H25BrClNO2. The van der Waals surface area contributed by atoms with Crippen molar-refractivity contribution in [1.82, 2.24) is 4.90 Å². The zero-order valence-corrected chi connectivity index (χ0v) is 15.3. The molecule has 1 aromatic carbocycles. The minimum absolute atomic E-state index is 0.479. The van der Waals surface area contributed by atoms with Crippen molar-refractivity contribution >= 4 is 27.5 Å². The quantitative estimate of drug-likeness (QED) is 0.696. The van der Waals surface area contributed by atoms with Gasteiger partial charge in [0, 0.05) is 35.7 Å². The van der Waals surface area contributed by atoms with Crippen molar-refractivity contribution in [2.45, 2.75) is 38.8 Å². The molecule has 0 bridgehead atoms. The van der Waals surface area contributed by atoms with Gasteiger partial charge in [0.05, 0.1) is 12.7 Å². The first-order valence-electron chi connectivity index (χ1n) is 7.35. The lowest BCUT2D eigenvalue weighted by molar-refractivity contribution is 0.0966. The summed E-state index contributed by atoms with van der Waals surface area (Å²) in [5, 5.41) is 11.0. The van der Waals surface area contributed by atoms with Crippen molar-refractivity contribution in [2.75, 3.05) is 26.8 Å². The van der Waals surface area contributed by atoms with E-state index in [0.29, 0.717) is 24.1 Å². The number of halogens is 2. The van der Waals surface area contributed by atoms with Gasteiger partial charge in [-0.3, -0.25) is 4.90 Å². The summed E-state index contributed by atoms with van der Waals surface area (Å²) in [6.07, 6.45) is 1.20. The van der Waals surface area contributed by atoms with Crippen LogP contribution in [-0.2, 0) is 4.74 Å². The zero-order chi connectivity index (χ0) is 15.8. The average molecular weight is 379 g/mol. The summed E-state index contributed by atoms with van der Waals surface area (Å²) in [5.41, 5.74) is 0.788. The van der Waals surface area contributed by atoms with Crippen LogP contribution in [0.4, 0.5) is 0 Å². The number of aliphatic hydroxyl groups excluding tert-OH is 1. The fourth-order valence-electron chi connectivity index (χ4n) is 2.23. The molecular weight excluding hydrogens is 354 g/mol. The molecule has 0 aliphatic heterocycles. The fourth-order valence-corrected chi connectivity index (χ4v) is 3.03. The molecule has 1 N–H and O–H groups in total.